The molecule has 0 saturated carbocycles. The first-order chi connectivity index (χ1) is 13.8. The molecule has 160 valence electrons. The molecular formula is C20H29N3O3S3. The fourth-order valence-electron chi connectivity index (χ4n) is 2.71. The van der Waals surface area contributed by atoms with E-state index < -0.39 is 16.1 Å². The number of benzene rings is 1. The van der Waals surface area contributed by atoms with Gasteiger partial charge in [0, 0.05) is 17.6 Å². The van der Waals surface area contributed by atoms with Crippen LogP contribution >= 0.6 is 23.1 Å². The van der Waals surface area contributed by atoms with Crippen LogP contribution in [0.25, 0.3) is 0 Å². The van der Waals surface area contributed by atoms with Gasteiger partial charge in [-0.1, -0.05) is 17.7 Å². The van der Waals surface area contributed by atoms with Crippen LogP contribution in [-0.2, 0) is 21.2 Å². The Bertz CT molecular complexity index is 880. The second-order valence-electron chi connectivity index (χ2n) is 6.90. The van der Waals surface area contributed by atoms with Crippen LogP contribution in [0.5, 0.6) is 0 Å². The van der Waals surface area contributed by atoms with Gasteiger partial charge in [0.2, 0.25) is 15.9 Å². The number of aromatic nitrogens is 1. The van der Waals surface area contributed by atoms with Crippen LogP contribution in [0, 0.1) is 13.8 Å². The van der Waals surface area contributed by atoms with Gasteiger partial charge in [-0.05, 0) is 63.7 Å². The van der Waals surface area contributed by atoms with E-state index in [1.165, 1.54) is 0 Å². The summed E-state index contributed by atoms with van der Waals surface area (Å²) in [6.45, 7) is 4.39. The van der Waals surface area contributed by atoms with Gasteiger partial charge in [-0.25, -0.2) is 13.4 Å². The molecule has 2 N–H and O–H groups in total. The molecule has 0 spiro atoms. The van der Waals surface area contributed by atoms with Crippen LogP contribution in [0.15, 0.2) is 34.5 Å². The Hall–Kier alpha value is -1.42. The van der Waals surface area contributed by atoms with Crippen molar-refractivity contribution in [2.45, 2.75) is 50.5 Å². The molecule has 2 rings (SSSR count). The molecule has 0 aliphatic heterocycles. The van der Waals surface area contributed by atoms with Gasteiger partial charge in [0.1, 0.15) is 6.04 Å². The zero-order valence-electron chi connectivity index (χ0n) is 17.1. The van der Waals surface area contributed by atoms with E-state index in [4.69, 9.17) is 0 Å². The Morgan fingerprint density at radius 3 is 2.55 bits per heavy atom. The number of sulfonamides is 1. The van der Waals surface area contributed by atoms with Crippen LogP contribution in [-0.4, -0.2) is 43.9 Å². The van der Waals surface area contributed by atoms with E-state index in [0.717, 1.165) is 35.5 Å². The number of carbonyl (C=O) groups excluding carboxylic acids is 1. The minimum absolute atomic E-state index is 0.170. The minimum atomic E-state index is -3.75. The van der Waals surface area contributed by atoms with Crippen molar-refractivity contribution in [1.29, 1.82) is 0 Å². The van der Waals surface area contributed by atoms with Crippen molar-refractivity contribution in [3.05, 3.63) is 45.9 Å². The molecule has 0 radical (unpaired) electrons. The predicted octanol–water partition coefficient (Wildman–Crippen LogP) is 3.30. The molecule has 1 heterocycles. The summed E-state index contributed by atoms with van der Waals surface area (Å²) in [6.07, 6.45) is 5.02. The molecule has 0 fully saturated rings. The largest absolute Gasteiger partial charge is 0.355 e. The lowest BCUT2D eigenvalue weighted by Crippen LogP contribution is -2.47. The van der Waals surface area contributed by atoms with Crippen molar-refractivity contribution in [2.24, 2.45) is 0 Å². The van der Waals surface area contributed by atoms with Crippen LogP contribution in [0.3, 0.4) is 0 Å². The summed E-state index contributed by atoms with van der Waals surface area (Å²) < 4.78 is 27.9. The maximum absolute atomic E-state index is 12.7. The first-order valence-corrected chi connectivity index (χ1v) is 13.3. The van der Waals surface area contributed by atoms with Crippen molar-refractivity contribution >= 4 is 39.0 Å². The van der Waals surface area contributed by atoms with E-state index in [1.807, 2.05) is 25.5 Å². The highest BCUT2D eigenvalue weighted by Gasteiger charge is 2.25. The Kier molecular flexibility index (Phi) is 9.61. The summed E-state index contributed by atoms with van der Waals surface area (Å²) >= 11 is 3.24. The molecule has 2 aromatic rings. The van der Waals surface area contributed by atoms with Gasteiger partial charge in [-0.15, -0.1) is 11.3 Å². The lowest BCUT2D eigenvalue weighted by Gasteiger charge is -2.18. The SMILES string of the molecule is CSCCC(NS(=O)(=O)c1ccc(C)cc1)C(=O)NCCCCc1nc(C)cs1. The molecule has 1 unspecified atom stereocenters. The van der Waals surface area contributed by atoms with Gasteiger partial charge in [0.25, 0.3) is 0 Å². The highest BCUT2D eigenvalue weighted by atomic mass is 32.2. The lowest BCUT2D eigenvalue weighted by atomic mass is 10.2. The first-order valence-electron chi connectivity index (χ1n) is 9.58. The fraction of sp³-hybridized carbons (Fsp3) is 0.500. The highest BCUT2D eigenvalue weighted by molar-refractivity contribution is 7.98. The monoisotopic (exact) mass is 455 g/mol. The van der Waals surface area contributed by atoms with E-state index >= 15 is 0 Å². The van der Waals surface area contributed by atoms with E-state index in [9.17, 15) is 13.2 Å². The van der Waals surface area contributed by atoms with Crippen molar-refractivity contribution in [2.75, 3.05) is 18.6 Å². The molecule has 6 nitrogen and oxygen atoms in total. The summed E-state index contributed by atoms with van der Waals surface area (Å²) in [7, 11) is -3.75. The summed E-state index contributed by atoms with van der Waals surface area (Å²) in [5, 5.41) is 6.02. The van der Waals surface area contributed by atoms with Gasteiger partial charge >= 0.3 is 0 Å². The Morgan fingerprint density at radius 1 is 1.21 bits per heavy atom. The topological polar surface area (TPSA) is 88.2 Å². The average molecular weight is 456 g/mol. The van der Waals surface area contributed by atoms with Crippen LogP contribution in [0.2, 0.25) is 0 Å². The number of thiazole rings is 1. The number of unbranched alkanes of at least 4 members (excludes halogenated alkanes) is 1. The molecule has 0 aliphatic carbocycles. The summed E-state index contributed by atoms with van der Waals surface area (Å²) in [4.78, 5) is 17.2. The zero-order valence-corrected chi connectivity index (χ0v) is 19.6. The van der Waals surface area contributed by atoms with Gasteiger partial charge in [0.05, 0.1) is 9.90 Å². The van der Waals surface area contributed by atoms with Gasteiger partial charge in [-0.3, -0.25) is 4.79 Å². The maximum atomic E-state index is 12.7. The maximum Gasteiger partial charge on any atom is 0.241 e. The number of carbonyl (C=O) groups is 1. The van der Waals surface area contributed by atoms with E-state index in [0.29, 0.717) is 18.7 Å². The van der Waals surface area contributed by atoms with Crippen molar-refractivity contribution in [3.63, 3.8) is 0 Å². The summed E-state index contributed by atoms with van der Waals surface area (Å²) in [6, 6.07) is 5.82. The third-order valence-corrected chi connectivity index (χ3v) is 7.50. The number of hydrogen-bond donors (Lipinski definition) is 2. The molecule has 1 aromatic carbocycles. The van der Waals surface area contributed by atoms with Gasteiger partial charge in [-0.2, -0.15) is 16.5 Å². The third kappa shape index (κ3) is 8.08. The Balaban J connectivity index is 1.87. The number of amides is 1. The standard InChI is InChI=1S/C20H29N3O3S3/c1-15-7-9-17(10-8-15)29(25,26)23-18(11-13-27-3)20(24)21-12-5-4-6-19-22-16(2)14-28-19/h7-10,14,18,23H,4-6,11-13H2,1-3H3,(H,21,24). The third-order valence-electron chi connectivity index (χ3n) is 4.34. The highest BCUT2D eigenvalue weighted by Crippen LogP contribution is 2.13. The number of rotatable bonds is 12. The van der Waals surface area contributed by atoms with Crippen LogP contribution < -0.4 is 10.0 Å². The van der Waals surface area contributed by atoms with E-state index in [-0.39, 0.29) is 10.8 Å². The van der Waals surface area contributed by atoms with E-state index in [1.54, 1.807) is 47.4 Å². The Labute approximate surface area is 182 Å². The van der Waals surface area contributed by atoms with Crippen LogP contribution in [0.4, 0.5) is 0 Å². The first kappa shape index (κ1) is 23.9. The fourth-order valence-corrected chi connectivity index (χ4v) is 5.23. The van der Waals surface area contributed by atoms with Crippen molar-refractivity contribution < 1.29 is 13.2 Å². The Morgan fingerprint density at radius 2 is 1.93 bits per heavy atom. The predicted molar refractivity (Wildman–Crippen MR) is 121 cm³/mol. The van der Waals surface area contributed by atoms with Crippen LogP contribution in [0.1, 0.15) is 35.5 Å². The average Bonchev–Trinajstić information content (AvgIpc) is 3.10. The molecule has 0 saturated heterocycles. The molecule has 9 heteroatoms. The molecule has 1 amide bonds. The number of hydrogen-bond acceptors (Lipinski definition) is 6. The normalized spacial score (nSPS) is 12.7. The van der Waals surface area contributed by atoms with E-state index in [2.05, 4.69) is 15.0 Å². The quantitative estimate of drug-likeness (QED) is 0.480. The number of nitrogens with one attached hydrogen (secondary N) is 2. The summed E-state index contributed by atoms with van der Waals surface area (Å²) in [5.41, 5.74) is 2.02. The van der Waals surface area contributed by atoms with Gasteiger partial charge in [0.15, 0.2) is 0 Å². The zero-order chi connectivity index (χ0) is 21.3. The lowest BCUT2D eigenvalue weighted by molar-refractivity contribution is -0.122. The molecule has 1 atom stereocenters. The molecule has 0 aliphatic rings. The number of thioether (sulfide) groups is 1. The second kappa shape index (κ2) is 11.7. The number of nitrogens with zero attached hydrogens (tertiary/aromatic N) is 1. The molecule has 1 aromatic heterocycles. The van der Waals surface area contributed by atoms with Gasteiger partial charge < -0.3 is 5.32 Å². The molecular weight excluding hydrogens is 426 g/mol. The smallest absolute Gasteiger partial charge is 0.241 e. The van der Waals surface area contributed by atoms with Crippen molar-refractivity contribution in [3.8, 4) is 0 Å². The molecule has 29 heavy (non-hydrogen) atoms. The number of aryl methyl sites for hydroxylation is 3. The minimum Gasteiger partial charge on any atom is -0.355 e. The molecule has 0 bridgehead atoms. The second-order valence-corrected chi connectivity index (χ2v) is 10.5. The summed E-state index contributed by atoms with van der Waals surface area (Å²) in [5.74, 6) is 0.414. The van der Waals surface area contributed by atoms with Crippen molar-refractivity contribution in [1.82, 2.24) is 15.0 Å².